The lowest BCUT2D eigenvalue weighted by atomic mass is 10.1. The lowest BCUT2D eigenvalue weighted by molar-refractivity contribution is -0.122. The summed E-state index contributed by atoms with van der Waals surface area (Å²) >= 11 is 9.25. The topological polar surface area (TPSA) is 64.0 Å². The highest BCUT2D eigenvalue weighted by Gasteiger charge is 2.08. The van der Waals surface area contributed by atoms with Gasteiger partial charge >= 0.3 is 0 Å². The molecule has 0 spiro atoms. The molecule has 5 nitrogen and oxygen atoms in total. The fourth-order valence-electron chi connectivity index (χ4n) is 2.36. The first-order valence-electron chi connectivity index (χ1n) is 7.86. The summed E-state index contributed by atoms with van der Waals surface area (Å²) in [4.78, 5) is 24.2. The lowest BCUT2D eigenvalue weighted by Gasteiger charge is -2.09. The number of amides is 1. The highest BCUT2D eigenvalue weighted by atomic mass is 79.9. The molecule has 7 heteroatoms. The average molecular weight is 433 g/mol. The molecule has 132 valence electrons. The Hall–Kier alpha value is -2.44. The highest BCUT2D eigenvalue weighted by Crippen LogP contribution is 2.20. The fraction of sp³-hybridized carbons (Fsp3) is 0.105. The summed E-state index contributed by atoms with van der Waals surface area (Å²) in [6.45, 7) is 0.213. The van der Waals surface area contributed by atoms with Gasteiger partial charge in [0.05, 0.1) is 5.69 Å². The molecule has 0 bridgehead atoms. The maximum Gasteiger partial charge on any atom is 0.267 e. The standard InChI is InChI=1S/C19H15BrClN3O2/c20-15-3-1-2-14(10-15)17-8-9-19(26)24(23-17)12-18(25)22-11-13-4-6-16(21)7-5-13/h1-10H,11-12H2,(H,22,25). The highest BCUT2D eigenvalue weighted by molar-refractivity contribution is 9.10. The first-order valence-corrected chi connectivity index (χ1v) is 9.03. The van der Waals surface area contributed by atoms with Crippen molar-refractivity contribution in [3.63, 3.8) is 0 Å². The Labute approximate surface area is 163 Å². The van der Waals surface area contributed by atoms with E-state index in [2.05, 4.69) is 26.3 Å². The second-order valence-electron chi connectivity index (χ2n) is 5.63. The zero-order valence-electron chi connectivity index (χ0n) is 13.7. The Morgan fingerprint density at radius 1 is 1.12 bits per heavy atom. The molecule has 0 aliphatic heterocycles. The number of rotatable bonds is 5. The molecule has 1 amide bonds. The molecule has 0 aliphatic rings. The van der Waals surface area contributed by atoms with Crippen molar-refractivity contribution in [3.05, 3.63) is 86.1 Å². The molecule has 1 N–H and O–H groups in total. The second kappa shape index (κ2) is 8.29. The Morgan fingerprint density at radius 3 is 2.62 bits per heavy atom. The van der Waals surface area contributed by atoms with E-state index in [1.54, 1.807) is 18.2 Å². The van der Waals surface area contributed by atoms with Crippen molar-refractivity contribution >= 4 is 33.4 Å². The van der Waals surface area contributed by atoms with Crippen LogP contribution in [0, 0.1) is 0 Å². The molecule has 3 aromatic rings. The number of benzene rings is 2. The summed E-state index contributed by atoms with van der Waals surface area (Å²) in [5, 5.41) is 7.71. The molecular formula is C19H15BrClN3O2. The number of hydrogen-bond donors (Lipinski definition) is 1. The minimum Gasteiger partial charge on any atom is -0.350 e. The minimum atomic E-state index is -0.328. The first-order chi connectivity index (χ1) is 12.5. The van der Waals surface area contributed by atoms with Crippen molar-refractivity contribution in [1.29, 1.82) is 0 Å². The Balaban J connectivity index is 1.70. The van der Waals surface area contributed by atoms with Gasteiger partial charge in [-0.3, -0.25) is 9.59 Å². The second-order valence-corrected chi connectivity index (χ2v) is 6.98. The minimum absolute atomic E-state index is 0.145. The fourth-order valence-corrected chi connectivity index (χ4v) is 2.88. The monoisotopic (exact) mass is 431 g/mol. The third kappa shape index (κ3) is 4.80. The summed E-state index contributed by atoms with van der Waals surface area (Å²) in [6, 6.07) is 17.8. The van der Waals surface area contributed by atoms with E-state index in [0.29, 0.717) is 17.3 Å². The molecule has 0 fully saturated rings. The molecule has 0 saturated carbocycles. The normalized spacial score (nSPS) is 10.5. The van der Waals surface area contributed by atoms with Gasteiger partial charge in [0.15, 0.2) is 0 Å². The van der Waals surface area contributed by atoms with Gasteiger partial charge in [-0.15, -0.1) is 0 Å². The largest absolute Gasteiger partial charge is 0.350 e. The molecule has 0 saturated heterocycles. The molecule has 3 rings (SSSR count). The van der Waals surface area contributed by atoms with Crippen LogP contribution in [0.5, 0.6) is 0 Å². The molecule has 2 aromatic carbocycles. The smallest absolute Gasteiger partial charge is 0.267 e. The van der Waals surface area contributed by atoms with Gasteiger partial charge in [-0.1, -0.05) is 51.8 Å². The Morgan fingerprint density at radius 2 is 1.88 bits per heavy atom. The van der Waals surface area contributed by atoms with E-state index < -0.39 is 0 Å². The predicted molar refractivity (Wildman–Crippen MR) is 105 cm³/mol. The Kier molecular flexibility index (Phi) is 5.85. The summed E-state index contributed by atoms with van der Waals surface area (Å²) in [6.07, 6.45) is 0. The van der Waals surface area contributed by atoms with Gasteiger partial charge < -0.3 is 5.32 Å². The molecule has 1 aromatic heterocycles. The van der Waals surface area contributed by atoms with Crippen LogP contribution in [0.3, 0.4) is 0 Å². The van der Waals surface area contributed by atoms with E-state index >= 15 is 0 Å². The van der Waals surface area contributed by atoms with Gasteiger partial charge in [0.1, 0.15) is 6.54 Å². The van der Waals surface area contributed by atoms with E-state index in [-0.39, 0.29) is 18.0 Å². The van der Waals surface area contributed by atoms with Crippen molar-refractivity contribution in [2.45, 2.75) is 13.1 Å². The summed E-state index contributed by atoms with van der Waals surface area (Å²) in [5.74, 6) is -0.291. The number of nitrogens with one attached hydrogen (secondary N) is 1. The molecule has 26 heavy (non-hydrogen) atoms. The van der Waals surface area contributed by atoms with Crippen molar-refractivity contribution in [2.75, 3.05) is 0 Å². The third-order valence-electron chi connectivity index (χ3n) is 3.68. The maximum atomic E-state index is 12.2. The van der Waals surface area contributed by atoms with Crippen LogP contribution in [-0.2, 0) is 17.9 Å². The van der Waals surface area contributed by atoms with Crippen molar-refractivity contribution in [3.8, 4) is 11.3 Å². The van der Waals surface area contributed by atoms with Crippen LogP contribution in [-0.4, -0.2) is 15.7 Å². The zero-order valence-corrected chi connectivity index (χ0v) is 16.0. The number of nitrogens with zero attached hydrogens (tertiary/aromatic N) is 2. The average Bonchev–Trinajstić information content (AvgIpc) is 2.63. The van der Waals surface area contributed by atoms with Crippen LogP contribution in [0.2, 0.25) is 5.02 Å². The van der Waals surface area contributed by atoms with Crippen LogP contribution < -0.4 is 10.9 Å². The predicted octanol–water partition coefficient (Wildman–Crippen LogP) is 3.64. The van der Waals surface area contributed by atoms with Crippen LogP contribution in [0.4, 0.5) is 0 Å². The van der Waals surface area contributed by atoms with Crippen LogP contribution in [0.25, 0.3) is 11.3 Å². The molecule has 0 atom stereocenters. The molecule has 0 unspecified atom stereocenters. The van der Waals surface area contributed by atoms with E-state index in [1.165, 1.54) is 6.07 Å². The third-order valence-corrected chi connectivity index (χ3v) is 4.43. The van der Waals surface area contributed by atoms with E-state index in [9.17, 15) is 9.59 Å². The van der Waals surface area contributed by atoms with Gasteiger partial charge in [-0.25, -0.2) is 4.68 Å². The van der Waals surface area contributed by atoms with Gasteiger partial charge in [-0.2, -0.15) is 5.10 Å². The first kappa shape index (κ1) is 18.4. The van der Waals surface area contributed by atoms with Gasteiger partial charge in [0, 0.05) is 27.7 Å². The number of carbonyl (C=O) groups is 1. The molecule has 0 aliphatic carbocycles. The number of carbonyl (C=O) groups excluding carboxylic acids is 1. The van der Waals surface area contributed by atoms with Crippen molar-refractivity contribution < 1.29 is 4.79 Å². The van der Waals surface area contributed by atoms with Crippen LogP contribution in [0.1, 0.15) is 5.56 Å². The van der Waals surface area contributed by atoms with Crippen LogP contribution >= 0.6 is 27.5 Å². The van der Waals surface area contributed by atoms with E-state index in [0.717, 1.165) is 20.3 Å². The van der Waals surface area contributed by atoms with Crippen molar-refractivity contribution in [2.24, 2.45) is 0 Å². The van der Waals surface area contributed by atoms with E-state index in [1.807, 2.05) is 36.4 Å². The van der Waals surface area contributed by atoms with E-state index in [4.69, 9.17) is 11.6 Å². The number of hydrogen-bond acceptors (Lipinski definition) is 3. The number of aromatic nitrogens is 2. The zero-order chi connectivity index (χ0) is 18.5. The molecule has 0 radical (unpaired) electrons. The summed E-state index contributed by atoms with van der Waals surface area (Å²) in [7, 11) is 0. The molecular weight excluding hydrogens is 418 g/mol. The molecule has 1 heterocycles. The SMILES string of the molecule is O=C(Cn1nc(-c2cccc(Br)c2)ccc1=O)NCc1ccc(Cl)cc1. The summed E-state index contributed by atoms with van der Waals surface area (Å²) in [5.41, 5.74) is 2.07. The number of halogens is 2. The van der Waals surface area contributed by atoms with Gasteiger partial charge in [0.2, 0.25) is 5.91 Å². The maximum absolute atomic E-state index is 12.2. The van der Waals surface area contributed by atoms with Gasteiger partial charge in [-0.05, 0) is 35.9 Å². The van der Waals surface area contributed by atoms with Gasteiger partial charge in [0.25, 0.3) is 5.56 Å². The van der Waals surface area contributed by atoms with Crippen molar-refractivity contribution in [1.82, 2.24) is 15.1 Å². The Bertz CT molecular complexity index is 987. The summed E-state index contributed by atoms with van der Waals surface area (Å²) < 4.78 is 2.07. The van der Waals surface area contributed by atoms with Crippen LogP contribution in [0.15, 0.2) is 69.9 Å². The lowest BCUT2D eigenvalue weighted by Crippen LogP contribution is -2.33. The quantitative estimate of drug-likeness (QED) is 0.669.